The van der Waals surface area contributed by atoms with Crippen LogP contribution >= 0.6 is 0 Å². The molecule has 1 saturated heterocycles. The number of hydrogen-bond acceptors (Lipinski definition) is 5. The van der Waals surface area contributed by atoms with E-state index in [4.69, 9.17) is 4.74 Å². The van der Waals surface area contributed by atoms with E-state index in [2.05, 4.69) is 15.6 Å². The number of benzene rings is 1. The maximum Gasteiger partial charge on any atom is 0.417 e. The van der Waals surface area contributed by atoms with Gasteiger partial charge in [0.15, 0.2) is 5.78 Å². The topological polar surface area (TPSA) is 117 Å². The Labute approximate surface area is 224 Å². The number of hydrogen-bond donors (Lipinski definition) is 3. The molecule has 3 rings (SSSR count). The van der Waals surface area contributed by atoms with Crippen molar-refractivity contribution >= 4 is 23.6 Å². The largest absolute Gasteiger partial charge is 0.461 e. The van der Waals surface area contributed by atoms with Gasteiger partial charge in [-0.05, 0) is 50.8 Å². The highest BCUT2D eigenvalue weighted by atomic mass is 19.4. The second-order valence-electron chi connectivity index (χ2n) is 9.24. The Morgan fingerprint density at radius 3 is 2.54 bits per heavy atom. The van der Waals surface area contributed by atoms with E-state index in [0.29, 0.717) is 25.8 Å². The van der Waals surface area contributed by atoms with E-state index in [0.717, 1.165) is 6.07 Å². The first kappa shape index (κ1) is 29.7. The van der Waals surface area contributed by atoms with Gasteiger partial charge in [-0.2, -0.15) is 13.2 Å². The summed E-state index contributed by atoms with van der Waals surface area (Å²) >= 11 is 0. The normalized spacial score (nSPS) is 16.5. The molecule has 3 N–H and O–H groups in total. The minimum atomic E-state index is -4.56. The second kappa shape index (κ2) is 13.3. The maximum absolute atomic E-state index is 13.4. The number of halogens is 3. The number of nitrogens with one attached hydrogen (secondary N) is 3. The van der Waals surface area contributed by atoms with Crippen LogP contribution in [0.3, 0.4) is 0 Å². The van der Waals surface area contributed by atoms with Crippen LogP contribution in [0.25, 0.3) is 11.3 Å². The maximum atomic E-state index is 13.4. The van der Waals surface area contributed by atoms with Crippen LogP contribution in [0.15, 0.2) is 48.2 Å². The number of carbonyl (C=O) groups excluding carboxylic acids is 4. The molecule has 1 aromatic carbocycles. The Hall–Kier alpha value is -3.89. The van der Waals surface area contributed by atoms with Crippen molar-refractivity contribution in [2.24, 2.45) is 11.8 Å². The number of Topliss-reactive ketones (excluding diaryl/α,β-unsaturated/α-hetero) is 1. The number of amides is 2. The molecule has 39 heavy (non-hydrogen) atoms. The summed E-state index contributed by atoms with van der Waals surface area (Å²) < 4.78 is 45.3. The number of rotatable bonds is 12. The molecule has 0 radical (unpaired) electrons. The number of ketones is 1. The Morgan fingerprint density at radius 2 is 1.90 bits per heavy atom. The number of allylic oxidation sites excluding steroid dienone is 1. The average Bonchev–Trinajstić information content (AvgIpc) is 3.55. The average molecular weight is 548 g/mol. The fourth-order valence-electron chi connectivity index (χ4n) is 4.41. The monoisotopic (exact) mass is 547 g/mol. The van der Waals surface area contributed by atoms with Crippen molar-refractivity contribution in [2.45, 2.75) is 52.1 Å². The molecule has 0 spiro atoms. The minimum Gasteiger partial charge on any atom is -0.461 e. The molecule has 1 aromatic heterocycles. The highest BCUT2D eigenvalue weighted by molar-refractivity contribution is 5.99. The van der Waals surface area contributed by atoms with Crippen molar-refractivity contribution in [3.63, 3.8) is 0 Å². The quantitative estimate of drug-likeness (QED) is 0.201. The molecule has 1 fully saturated rings. The van der Waals surface area contributed by atoms with Crippen molar-refractivity contribution in [3.05, 3.63) is 59.4 Å². The number of aromatic amines is 1. The summed E-state index contributed by atoms with van der Waals surface area (Å²) in [4.78, 5) is 52.9. The van der Waals surface area contributed by atoms with E-state index in [1.54, 1.807) is 13.8 Å². The molecular weight excluding hydrogens is 515 g/mol. The van der Waals surface area contributed by atoms with Gasteiger partial charge in [0.25, 0.3) is 0 Å². The molecule has 11 heteroatoms. The van der Waals surface area contributed by atoms with Crippen LogP contribution in [0.5, 0.6) is 0 Å². The van der Waals surface area contributed by atoms with Crippen LogP contribution in [-0.4, -0.2) is 41.7 Å². The first-order valence-electron chi connectivity index (χ1n) is 12.9. The van der Waals surface area contributed by atoms with E-state index in [1.807, 2.05) is 0 Å². The SMILES string of the molecule is CCOC(=O)/C(=C/CC[C@H]1CCNC1=O)NC(=O)[C@H](CC)CC(=O)c1ccc(-c2ccccc2C(F)(F)F)[nH]1. The number of H-pyrrole nitrogens is 1. The molecule has 2 aromatic rings. The first-order valence-corrected chi connectivity index (χ1v) is 12.9. The number of alkyl halides is 3. The summed E-state index contributed by atoms with van der Waals surface area (Å²) in [6.07, 6.45) is -1.41. The molecule has 0 saturated carbocycles. The number of carbonyl (C=O) groups is 4. The van der Waals surface area contributed by atoms with E-state index in [9.17, 15) is 32.3 Å². The molecule has 0 bridgehead atoms. The van der Waals surface area contributed by atoms with Crippen molar-refractivity contribution in [2.75, 3.05) is 13.2 Å². The van der Waals surface area contributed by atoms with Gasteiger partial charge in [0.1, 0.15) is 5.70 Å². The minimum absolute atomic E-state index is 0.0379. The first-order chi connectivity index (χ1) is 18.5. The van der Waals surface area contributed by atoms with Crippen LogP contribution in [0, 0.1) is 11.8 Å². The lowest BCUT2D eigenvalue weighted by Crippen LogP contribution is -2.34. The zero-order valence-corrected chi connectivity index (χ0v) is 21.8. The van der Waals surface area contributed by atoms with E-state index in [-0.39, 0.29) is 53.9 Å². The Balaban J connectivity index is 1.69. The van der Waals surface area contributed by atoms with Crippen LogP contribution in [0.4, 0.5) is 13.2 Å². The van der Waals surface area contributed by atoms with Gasteiger partial charge in [0.2, 0.25) is 11.8 Å². The highest BCUT2D eigenvalue weighted by Crippen LogP contribution is 2.36. The standard InChI is InChI=1S/C28H32F3N3O5/c1-3-17(26(37)34-23(27(38)39-4-2)11-7-8-18-14-15-32-25(18)36)16-24(35)22-13-12-21(33-22)19-9-5-6-10-20(19)28(29,30)31/h5-6,9-13,17-18,33H,3-4,7-8,14-16H2,1-2H3,(H,32,36)(H,34,37)/b23-11-/t17-,18+/m1/s1. The van der Waals surface area contributed by atoms with Crippen molar-refractivity contribution in [3.8, 4) is 11.3 Å². The van der Waals surface area contributed by atoms with Gasteiger partial charge in [-0.15, -0.1) is 0 Å². The number of esters is 1. The van der Waals surface area contributed by atoms with E-state index < -0.39 is 35.3 Å². The Bertz CT molecular complexity index is 1240. The second-order valence-corrected chi connectivity index (χ2v) is 9.24. The van der Waals surface area contributed by atoms with Crippen LogP contribution in [0.2, 0.25) is 0 Å². The van der Waals surface area contributed by atoms with Gasteiger partial charge in [-0.25, -0.2) is 4.79 Å². The number of aromatic nitrogens is 1. The van der Waals surface area contributed by atoms with Crippen LogP contribution in [0.1, 0.15) is 62.0 Å². The van der Waals surface area contributed by atoms with E-state index in [1.165, 1.54) is 36.4 Å². The fraction of sp³-hybridized carbons (Fsp3) is 0.429. The van der Waals surface area contributed by atoms with Crippen molar-refractivity contribution < 1.29 is 37.1 Å². The van der Waals surface area contributed by atoms with E-state index >= 15 is 0 Å². The van der Waals surface area contributed by atoms with Crippen molar-refractivity contribution in [1.29, 1.82) is 0 Å². The summed E-state index contributed by atoms with van der Waals surface area (Å²) in [6, 6.07) is 7.82. The van der Waals surface area contributed by atoms with Gasteiger partial charge in [0.05, 0.1) is 17.9 Å². The lowest BCUT2D eigenvalue weighted by Gasteiger charge is -2.16. The Morgan fingerprint density at radius 1 is 1.15 bits per heavy atom. The lowest BCUT2D eigenvalue weighted by molar-refractivity contribution is -0.140. The lowest BCUT2D eigenvalue weighted by atomic mass is 9.97. The van der Waals surface area contributed by atoms with Gasteiger partial charge in [-0.1, -0.05) is 31.2 Å². The molecule has 8 nitrogen and oxygen atoms in total. The van der Waals surface area contributed by atoms with Gasteiger partial charge >= 0.3 is 12.1 Å². The Kier molecular flexibility index (Phi) is 10.1. The zero-order valence-electron chi connectivity index (χ0n) is 21.8. The van der Waals surface area contributed by atoms with Crippen LogP contribution < -0.4 is 10.6 Å². The summed E-state index contributed by atoms with van der Waals surface area (Å²) in [5.41, 5.74) is -0.773. The van der Waals surface area contributed by atoms with Crippen LogP contribution in [-0.2, 0) is 25.3 Å². The fourth-order valence-corrected chi connectivity index (χ4v) is 4.41. The molecule has 2 amide bonds. The predicted molar refractivity (Wildman–Crippen MR) is 137 cm³/mol. The summed E-state index contributed by atoms with van der Waals surface area (Å²) in [5.74, 6) is -2.73. The molecule has 0 unspecified atom stereocenters. The predicted octanol–water partition coefficient (Wildman–Crippen LogP) is 4.78. The third-order valence-electron chi connectivity index (χ3n) is 6.58. The summed E-state index contributed by atoms with van der Waals surface area (Å²) in [5, 5.41) is 5.31. The van der Waals surface area contributed by atoms with Gasteiger partial charge in [0, 0.05) is 36.1 Å². The smallest absolute Gasteiger partial charge is 0.417 e. The molecule has 1 aliphatic heterocycles. The molecule has 210 valence electrons. The molecule has 0 aliphatic carbocycles. The molecular formula is C28H32F3N3O5. The van der Waals surface area contributed by atoms with Crippen molar-refractivity contribution in [1.82, 2.24) is 15.6 Å². The van der Waals surface area contributed by atoms with Gasteiger partial charge < -0.3 is 20.4 Å². The molecule has 1 aliphatic rings. The third-order valence-corrected chi connectivity index (χ3v) is 6.58. The molecule has 2 heterocycles. The zero-order chi connectivity index (χ0) is 28.6. The van der Waals surface area contributed by atoms with Gasteiger partial charge in [-0.3, -0.25) is 14.4 Å². The highest BCUT2D eigenvalue weighted by Gasteiger charge is 2.34. The summed E-state index contributed by atoms with van der Waals surface area (Å²) in [6.45, 7) is 4.05. The summed E-state index contributed by atoms with van der Waals surface area (Å²) in [7, 11) is 0. The molecule has 2 atom stereocenters. The number of ether oxygens (including phenoxy) is 1. The third kappa shape index (κ3) is 7.81.